The highest BCUT2D eigenvalue weighted by atomic mass is 16.7. The van der Waals surface area contributed by atoms with E-state index in [9.17, 15) is 30.6 Å². The smallest absolute Gasteiger partial charge is 0.229 e. The van der Waals surface area contributed by atoms with Crippen LogP contribution < -0.4 is 18.9 Å². The first-order valence-corrected chi connectivity index (χ1v) is 10.1. The van der Waals surface area contributed by atoms with Crippen molar-refractivity contribution >= 4 is 0 Å². The van der Waals surface area contributed by atoms with Crippen molar-refractivity contribution in [2.75, 3.05) is 41.2 Å². The molecule has 1 aromatic carbocycles. The van der Waals surface area contributed by atoms with Crippen molar-refractivity contribution in [2.45, 2.75) is 48.7 Å². The lowest BCUT2D eigenvalue weighted by molar-refractivity contribution is -0.289. The number of aliphatic hydroxyl groups excluding tert-OH is 5. The molecule has 0 amide bonds. The Labute approximate surface area is 189 Å². The van der Waals surface area contributed by atoms with Gasteiger partial charge in [0.25, 0.3) is 0 Å². The molecule has 0 aliphatic carbocycles. The molecule has 2 fully saturated rings. The van der Waals surface area contributed by atoms with E-state index in [2.05, 4.69) is 0 Å². The van der Waals surface area contributed by atoms with E-state index in [1.807, 2.05) is 0 Å². The van der Waals surface area contributed by atoms with Gasteiger partial charge in [-0.2, -0.15) is 0 Å². The highest BCUT2D eigenvalue weighted by molar-refractivity contribution is 5.56. The van der Waals surface area contributed by atoms with Crippen LogP contribution >= 0.6 is 0 Å². The van der Waals surface area contributed by atoms with Crippen LogP contribution in [0, 0.1) is 0 Å². The SMILES string of the molecule is COc1cc(OC)c(O[C@@H]2O[C@H](CO[C@@H]3OCC(O)(CO)[C@H]3O)[C@@H](O)[C@H](O)[C@H]2O)c(OC)c1. The molecule has 188 valence electrons. The van der Waals surface area contributed by atoms with Gasteiger partial charge in [-0.05, 0) is 0 Å². The van der Waals surface area contributed by atoms with Crippen LogP contribution in [0.2, 0.25) is 0 Å². The van der Waals surface area contributed by atoms with E-state index in [-0.39, 0.29) is 23.9 Å². The van der Waals surface area contributed by atoms with Gasteiger partial charge in [-0.15, -0.1) is 0 Å². The number of benzene rings is 1. The fourth-order valence-corrected chi connectivity index (χ4v) is 3.48. The molecule has 33 heavy (non-hydrogen) atoms. The lowest BCUT2D eigenvalue weighted by atomic mass is 9.99. The number of hydrogen-bond acceptors (Lipinski definition) is 13. The maximum absolute atomic E-state index is 10.4. The molecule has 13 heteroatoms. The van der Waals surface area contributed by atoms with Gasteiger partial charge < -0.3 is 63.8 Å². The molecule has 0 saturated carbocycles. The first kappa shape index (κ1) is 25.7. The van der Waals surface area contributed by atoms with E-state index in [0.29, 0.717) is 5.75 Å². The highest BCUT2D eigenvalue weighted by Crippen LogP contribution is 2.42. The zero-order valence-electron chi connectivity index (χ0n) is 18.4. The minimum absolute atomic E-state index is 0.0515. The predicted octanol–water partition coefficient (Wildman–Crippen LogP) is -2.64. The molecule has 2 heterocycles. The molecular weight excluding hydrogens is 448 g/mol. The van der Waals surface area contributed by atoms with E-state index in [1.54, 1.807) is 0 Å². The Morgan fingerprint density at radius 1 is 0.939 bits per heavy atom. The van der Waals surface area contributed by atoms with Gasteiger partial charge in [-0.3, -0.25) is 0 Å². The van der Waals surface area contributed by atoms with Gasteiger partial charge in [0.05, 0.1) is 41.2 Å². The van der Waals surface area contributed by atoms with E-state index in [1.165, 1.54) is 33.5 Å². The standard InChI is InChI=1S/C20H30O13/c1-27-9-4-10(28-2)16(11(5-9)29-3)33-18-15(24)14(23)13(22)12(32-18)6-30-19-17(25)20(26,7-21)8-31-19/h4-5,12-15,17-19,21-26H,6-8H2,1-3H3/t12-,13-,14+,15-,17+,18+,19-,20?/m1/s1. The molecule has 1 unspecified atom stereocenters. The molecule has 0 bridgehead atoms. The van der Waals surface area contributed by atoms with Crippen LogP contribution in [0.3, 0.4) is 0 Å². The fourth-order valence-electron chi connectivity index (χ4n) is 3.48. The number of methoxy groups -OCH3 is 3. The Hall–Kier alpha value is -1.94. The van der Waals surface area contributed by atoms with Gasteiger partial charge in [-0.1, -0.05) is 0 Å². The van der Waals surface area contributed by atoms with E-state index in [4.69, 9.17) is 33.2 Å². The molecule has 0 radical (unpaired) electrons. The summed E-state index contributed by atoms with van der Waals surface area (Å²) in [5.74, 6) is 0.860. The van der Waals surface area contributed by atoms with E-state index < -0.39 is 61.9 Å². The Kier molecular flexibility index (Phi) is 8.21. The molecule has 0 spiro atoms. The van der Waals surface area contributed by atoms with Gasteiger partial charge >= 0.3 is 0 Å². The largest absolute Gasteiger partial charge is 0.496 e. The van der Waals surface area contributed by atoms with E-state index >= 15 is 0 Å². The highest BCUT2D eigenvalue weighted by Gasteiger charge is 2.50. The van der Waals surface area contributed by atoms with Crippen LogP contribution in [-0.4, -0.2) is 120 Å². The van der Waals surface area contributed by atoms with Crippen LogP contribution in [0.25, 0.3) is 0 Å². The van der Waals surface area contributed by atoms with Crippen LogP contribution in [0.5, 0.6) is 23.0 Å². The minimum atomic E-state index is -1.89. The zero-order chi connectivity index (χ0) is 24.3. The molecule has 0 aromatic heterocycles. The summed E-state index contributed by atoms with van der Waals surface area (Å²) in [7, 11) is 4.22. The Balaban J connectivity index is 1.74. The topological polar surface area (TPSA) is 186 Å². The predicted molar refractivity (Wildman–Crippen MR) is 107 cm³/mol. The first-order chi connectivity index (χ1) is 15.7. The minimum Gasteiger partial charge on any atom is -0.496 e. The molecule has 8 atom stereocenters. The summed E-state index contributed by atoms with van der Waals surface area (Å²) < 4.78 is 37.6. The van der Waals surface area contributed by atoms with Crippen molar-refractivity contribution in [2.24, 2.45) is 0 Å². The molecule has 2 aliphatic rings. The van der Waals surface area contributed by atoms with Gasteiger partial charge in [0.2, 0.25) is 12.0 Å². The van der Waals surface area contributed by atoms with Gasteiger partial charge in [0.15, 0.2) is 17.8 Å². The number of hydrogen-bond donors (Lipinski definition) is 6. The maximum Gasteiger partial charge on any atom is 0.229 e. The Morgan fingerprint density at radius 3 is 2.09 bits per heavy atom. The van der Waals surface area contributed by atoms with Gasteiger partial charge in [0, 0.05) is 12.1 Å². The number of rotatable bonds is 9. The molecule has 3 rings (SSSR count). The molecule has 2 aliphatic heterocycles. The van der Waals surface area contributed by atoms with Crippen molar-refractivity contribution < 1.29 is 63.8 Å². The summed E-state index contributed by atoms with van der Waals surface area (Å²) in [5.41, 5.74) is -1.89. The van der Waals surface area contributed by atoms with Crippen LogP contribution in [0.1, 0.15) is 0 Å². The lowest BCUT2D eigenvalue weighted by Crippen LogP contribution is -2.60. The Bertz CT molecular complexity index is 766. The van der Waals surface area contributed by atoms with Crippen LogP contribution in [0.15, 0.2) is 12.1 Å². The van der Waals surface area contributed by atoms with Crippen LogP contribution in [0.4, 0.5) is 0 Å². The second kappa shape index (κ2) is 10.5. The second-order valence-electron chi connectivity index (χ2n) is 7.71. The fraction of sp³-hybridized carbons (Fsp3) is 0.700. The average molecular weight is 478 g/mol. The third kappa shape index (κ3) is 5.11. The van der Waals surface area contributed by atoms with Crippen molar-refractivity contribution in [3.8, 4) is 23.0 Å². The number of aliphatic hydroxyl groups is 6. The average Bonchev–Trinajstić information content (AvgIpc) is 3.12. The normalized spacial score (nSPS) is 36.5. The molecule has 13 nitrogen and oxygen atoms in total. The molecular formula is C20H30O13. The van der Waals surface area contributed by atoms with Crippen molar-refractivity contribution in [3.63, 3.8) is 0 Å². The third-order valence-corrected chi connectivity index (χ3v) is 5.58. The summed E-state index contributed by atoms with van der Waals surface area (Å²) >= 11 is 0. The monoisotopic (exact) mass is 478 g/mol. The maximum atomic E-state index is 10.4. The summed E-state index contributed by atoms with van der Waals surface area (Å²) in [6.07, 6.45) is -10.5. The van der Waals surface area contributed by atoms with Crippen LogP contribution in [-0.2, 0) is 14.2 Å². The Morgan fingerprint density at radius 2 is 1.58 bits per heavy atom. The summed E-state index contributed by atoms with van der Waals surface area (Å²) in [6, 6.07) is 3.03. The second-order valence-corrected chi connectivity index (χ2v) is 7.71. The number of ether oxygens (including phenoxy) is 7. The molecule has 1 aromatic rings. The lowest BCUT2D eigenvalue weighted by Gasteiger charge is -2.40. The van der Waals surface area contributed by atoms with Gasteiger partial charge in [-0.25, -0.2) is 0 Å². The third-order valence-electron chi connectivity index (χ3n) is 5.58. The summed E-state index contributed by atoms with van der Waals surface area (Å²) in [5, 5.41) is 60.4. The molecule has 2 saturated heterocycles. The first-order valence-electron chi connectivity index (χ1n) is 10.1. The summed E-state index contributed by atoms with van der Waals surface area (Å²) in [6.45, 7) is -1.53. The van der Waals surface area contributed by atoms with Crippen molar-refractivity contribution in [1.82, 2.24) is 0 Å². The molecule has 6 N–H and O–H groups in total. The zero-order valence-corrected chi connectivity index (χ0v) is 18.4. The summed E-state index contributed by atoms with van der Waals surface area (Å²) in [4.78, 5) is 0. The van der Waals surface area contributed by atoms with Crippen molar-refractivity contribution in [3.05, 3.63) is 12.1 Å². The van der Waals surface area contributed by atoms with Gasteiger partial charge in [0.1, 0.15) is 41.9 Å². The quantitative estimate of drug-likeness (QED) is 0.216. The van der Waals surface area contributed by atoms with E-state index in [0.717, 1.165) is 0 Å². The van der Waals surface area contributed by atoms with Crippen molar-refractivity contribution in [1.29, 1.82) is 0 Å².